The van der Waals surface area contributed by atoms with Crippen molar-refractivity contribution in [1.29, 1.82) is 0 Å². The molecule has 16 heavy (non-hydrogen) atoms. The number of nitrogens with one attached hydrogen (secondary N) is 1. The lowest BCUT2D eigenvalue weighted by Gasteiger charge is -2.08. The zero-order chi connectivity index (χ0) is 12.1. The molecular weight excluding hydrogens is 200 g/mol. The van der Waals surface area contributed by atoms with Gasteiger partial charge in [0.1, 0.15) is 0 Å². The van der Waals surface area contributed by atoms with E-state index in [0.29, 0.717) is 6.54 Å². The summed E-state index contributed by atoms with van der Waals surface area (Å²) in [5, 5.41) is 2.81. The van der Waals surface area contributed by atoms with E-state index >= 15 is 0 Å². The van der Waals surface area contributed by atoms with Crippen molar-refractivity contribution in [3.05, 3.63) is 34.9 Å². The summed E-state index contributed by atoms with van der Waals surface area (Å²) in [5.74, 6) is -0.0932. The van der Waals surface area contributed by atoms with Gasteiger partial charge in [-0.25, -0.2) is 0 Å². The highest BCUT2D eigenvalue weighted by Gasteiger charge is 2.05. The molecule has 0 spiro atoms. The van der Waals surface area contributed by atoms with Gasteiger partial charge in [0.05, 0.1) is 6.04 Å². The Labute approximate surface area is 97.0 Å². The molecule has 0 aliphatic rings. The van der Waals surface area contributed by atoms with Gasteiger partial charge in [-0.3, -0.25) is 4.79 Å². The molecule has 3 heteroatoms. The van der Waals surface area contributed by atoms with E-state index in [1.807, 2.05) is 0 Å². The number of amides is 1. The summed E-state index contributed by atoms with van der Waals surface area (Å²) in [5.41, 5.74) is 9.22. The SMILES string of the molecule is Cc1cc(C)cc(CCNC(=O)[C@@H](C)N)c1. The Hall–Kier alpha value is -1.35. The van der Waals surface area contributed by atoms with Crippen molar-refractivity contribution >= 4 is 5.91 Å². The third-order valence-corrected chi connectivity index (χ3v) is 2.41. The van der Waals surface area contributed by atoms with Crippen molar-refractivity contribution in [2.24, 2.45) is 5.73 Å². The van der Waals surface area contributed by atoms with Crippen molar-refractivity contribution in [2.45, 2.75) is 33.2 Å². The molecule has 0 aromatic heterocycles. The first-order valence-corrected chi connectivity index (χ1v) is 5.59. The van der Waals surface area contributed by atoms with Crippen LogP contribution in [0.15, 0.2) is 18.2 Å². The first kappa shape index (κ1) is 12.7. The number of nitrogens with two attached hydrogens (primary N) is 1. The molecule has 0 aliphatic carbocycles. The number of carbonyl (C=O) groups is 1. The molecule has 1 rings (SSSR count). The lowest BCUT2D eigenvalue weighted by molar-refractivity contribution is -0.121. The van der Waals surface area contributed by atoms with Crippen molar-refractivity contribution in [3.63, 3.8) is 0 Å². The Balaban J connectivity index is 2.46. The second-order valence-corrected chi connectivity index (χ2v) is 4.33. The highest BCUT2D eigenvalue weighted by molar-refractivity contribution is 5.80. The maximum absolute atomic E-state index is 11.2. The second kappa shape index (κ2) is 5.66. The summed E-state index contributed by atoms with van der Waals surface area (Å²) >= 11 is 0. The molecule has 1 amide bonds. The van der Waals surface area contributed by atoms with Crippen molar-refractivity contribution < 1.29 is 4.79 Å². The first-order chi connectivity index (χ1) is 7.49. The normalized spacial score (nSPS) is 12.2. The van der Waals surface area contributed by atoms with Crippen LogP contribution in [0, 0.1) is 13.8 Å². The van der Waals surface area contributed by atoms with E-state index in [0.717, 1.165) is 6.42 Å². The fourth-order valence-corrected chi connectivity index (χ4v) is 1.70. The highest BCUT2D eigenvalue weighted by Crippen LogP contribution is 2.08. The molecule has 88 valence electrons. The van der Waals surface area contributed by atoms with Crippen molar-refractivity contribution in [1.82, 2.24) is 5.32 Å². The highest BCUT2D eigenvalue weighted by atomic mass is 16.2. The Kier molecular flexibility index (Phi) is 4.50. The molecule has 3 N–H and O–H groups in total. The van der Waals surface area contributed by atoms with Gasteiger partial charge in [-0.05, 0) is 32.8 Å². The van der Waals surface area contributed by atoms with Crippen LogP contribution >= 0.6 is 0 Å². The standard InChI is InChI=1S/C13H20N2O/c1-9-6-10(2)8-12(7-9)4-5-15-13(16)11(3)14/h6-8,11H,4-5,14H2,1-3H3,(H,15,16)/t11-/m1/s1. The number of rotatable bonds is 4. The fourth-order valence-electron chi connectivity index (χ4n) is 1.70. The Morgan fingerprint density at radius 2 is 1.88 bits per heavy atom. The van der Waals surface area contributed by atoms with Crippen LogP contribution in [0.5, 0.6) is 0 Å². The Morgan fingerprint density at radius 1 is 1.31 bits per heavy atom. The second-order valence-electron chi connectivity index (χ2n) is 4.33. The third kappa shape index (κ3) is 4.03. The average molecular weight is 220 g/mol. The van der Waals surface area contributed by atoms with E-state index < -0.39 is 6.04 Å². The van der Waals surface area contributed by atoms with E-state index in [1.54, 1.807) is 6.92 Å². The van der Waals surface area contributed by atoms with Gasteiger partial charge in [0.25, 0.3) is 0 Å². The molecule has 0 saturated carbocycles. The zero-order valence-corrected chi connectivity index (χ0v) is 10.2. The number of hydrogen-bond donors (Lipinski definition) is 2. The van der Waals surface area contributed by atoms with Crippen LogP contribution in [0.4, 0.5) is 0 Å². The minimum Gasteiger partial charge on any atom is -0.354 e. The molecule has 0 saturated heterocycles. The van der Waals surface area contributed by atoms with Crippen LogP contribution in [0.3, 0.4) is 0 Å². The van der Waals surface area contributed by atoms with Crippen molar-refractivity contribution in [3.8, 4) is 0 Å². The molecule has 1 aromatic carbocycles. The van der Waals surface area contributed by atoms with E-state index in [1.165, 1.54) is 16.7 Å². The van der Waals surface area contributed by atoms with Gasteiger partial charge >= 0.3 is 0 Å². The molecular formula is C13H20N2O. The molecule has 0 radical (unpaired) electrons. The Bertz CT molecular complexity index is 352. The molecule has 0 heterocycles. The zero-order valence-electron chi connectivity index (χ0n) is 10.2. The van der Waals surface area contributed by atoms with Crippen LogP contribution < -0.4 is 11.1 Å². The quantitative estimate of drug-likeness (QED) is 0.804. The molecule has 0 unspecified atom stereocenters. The molecule has 1 aromatic rings. The number of benzene rings is 1. The minimum absolute atomic E-state index is 0.0932. The maximum Gasteiger partial charge on any atom is 0.236 e. The molecule has 0 aliphatic heterocycles. The summed E-state index contributed by atoms with van der Waals surface area (Å²) in [6.07, 6.45) is 0.848. The third-order valence-electron chi connectivity index (χ3n) is 2.41. The lowest BCUT2D eigenvalue weighted by Crippen LogP contribution is -2.39. The van der Waals surface area contributed by atoms with Crippen LogP contribution in [-0.2, 0) is 11.2 Å². The number of carbonyl (C=O) groups excluding carboxylic acids is 1. The van der Waals surface area contributed by atoms with Crippen LogP contribution in [0.2, 0.25) is 0 Å². The first-order valence-electron chi connectivity index (χ1n) is 5.59. The maximum atomic E-state index is 11.2. The van der Waals surface area contributed by atoms with E-state index in [2.05, 4.69) is 37.4 Å². The van der Waals surface area contributed by atoms with Gasteiger partial charge in [-0.15, -0.1) is 0 Å². The van der Waals surface area contributed by atoms with Gasteiger partial charge in [-0.1, -0.05) is 29.3 Å². The molecule has 1 atom stereocenters. The monoisotopic (exact) mass is 220 g/mol. The smallest absolute Gasteiger partial charge is 0.236 e. The number of aryl methyl sites for hydroxylation is 2. The van der Waals surface area contributed by atoms with Gasteiger partial charge in [0.15, 0.2) is 0 Å². The molecule has 0 fully saturated rings. The van der Waals surface area contributed by atoms with E-state index in [-0.39, 0.29) is 5.91 Å². The predicted molar refractivity (Wildman–Crippen MR) is 66.3 cm³/mol. The summed E-state index contributed by atoms with van der Waals surface area (Å²) in [6.45, 7) is 6.49. The molecule has 3 nitrogen and oxygen atoms in total. The lowest BCUT2D eigenvalue weighted by atomic mass is 10.1. The largest absolute Gasteiger partial charge is 0.354 e. The van der Waals surface area contributed by atoms with Gasteiger partial charge in [-0.2, -0.15) is 0 Å². The summed E-state index contributed by atoms with van der Waals surface area (Å²) in [4.78, 5) is 11.2. The van der Waals surface area contributed by atoms with E-state index in [9.17, 15) is 4.79 Å². The van der Waals surface area contributed by atoms with Crippen molar-refractivity contribution in [2.75, 3.05) is 6.54 Å². The fraction of sp³-hybridized carbons (Fsp3) is 0.462. The minimum atomic E-state index is -0.431. The predicted octanol–water partition coefficient (Wildman–Crippen LogP) is 1.31. The topological polar surface area (TPSA) is 55.1 Å². The molecule has 0 bridgehead atoms. The van der Waals surface area contributed by atoms with E-state index in [4.69, 9.17) is 5.73 Å². The summed E-state index contributed by atoms with van der Waals surface area (Å²) in [7, 11) is 0. The van der Waals surface area contributed by atoms with Gasteiger partial charge in [0, 0.05) is 6.54 Å². The van der Waals surface area contributed by atoms with Crippen LogP contribution in [0.25, 0.3) is 0 Å². The average Bonchev–Trinajstić information content (AvgIpc) is 2.15. The number of hydrogen-bond acceptors (Lipinski definition) is 2. The van der Waals surface area contributed by atoms with Gasteiger partial charge < -0.3 is 11.1 Å². The van der Waals surface area contributed by atoms with Crippen LogP contribution in [0.1, 0.15) is 23.6 Å². The van der Waals surface area contributed by atoms with Gasteiger partial charge in [0.2, 0.25) is 5.91 Å². The summed E-state index contributed by atoms with van der Waals surface area (Å²) < 4.78 is 0. The summed E-state index contributed by atoms with van der Waals surface area (Å²) in [6, 6.07) is 6.00. The Morgan fingerprint density at radius 3 is 2.38 bits per heavy atom. The van der Waals surface area contributed by atoms with Crippen LogP contribution in [-0.4, -0.2) is 18.5 Å².